The van der Waals surface area contributed by atoms with Crippen LogP contribution in [0.3, 0.4) is 0 Å². The predicted molar refractivity (Wildman–Crippen MR) is 122 cm³/mol. The van der Waals surface area contributed by atoms with Gasteiger partial charge in [0.1, 0.15) is 5.82 Å². The molecule has 5 rings (SSSR count). The molecule has 0 unspecified atom stereocenters. The fourth-order valence-corrected chi connectivity index (χ4v) is 4.66. The van der Waals surface area contributed by atoms with Crippen molar-refractivity contribution in [2.75, 3.05) is 0 Å². The molecule has 32 heavy (non-hydrogen) atoms. The zero-order valence-electron chi connectivity index (χ0n) is 18.3. The Morgan fingerprint density at radius 1 is 1.25 bits per heavy atom. The Kier molecular flexibility index (Phi) is 5.29. The van der Waals surface area contributed by atoms with Crippen molar-refractivity contribution in [2.45, 2.75) is 45.7 Å². The SMILES string of the molecule is CC(C)C(=O)N[C@@H]1CCc2c(c3cc(-c4ccno4)ccc3n2Cc2cccc(F)c2)C1. The van der Waals surface area contributed by atoms with Gasteiger partial charge in [-0.1, -0.05) is 31.1 Å². The lowest BCUT2D eigenvalue weighted by atomic mass is 9.90. The second-order valence-corrected chi connectivity index (χ2v) is 8.85. The maximum atomic E-state index is 13.8. The van der Waals surface area contributed by atoms with Gasteiger partial charge in [0, 0.05) is 46.7 Å². The first kappa shape index (κ1) is 20.5. The van der Waals surface area contributed by atoms with E-state index in [0.29, 0.717) is 6.54 Å². The maximum Gasteiger partial charge on any atom is 0.222 e. The second-order valence-electron chi connectivity index (χ2n) is 8.85. The van der Waals surface area contributed by atoms with Crippen LogP contribution >= 0.6 is 0 Å². The summed E-state index contributed by atoms with van der Waals surface area (Å²) >= 11 is 0. The molecule has 2 aromatic carbocycles. The van der Waals surface area contributed by atoms with Gasteiger partial charge in [0.25, 0.3) is 0 Å². The minimum atomic E-state index is -0.225. The molecule has 1 N–H and O–H groups in total. The lowest BCUT2D eigenvalue weighted by Crippen LogP contribution is -2.41. The van der Waals surface area contributed by atoms with Gasteiger partial charge in [0.2, 0.25) is 5.91 Å². The Labute approximate surface area is 186 Å². The van der Waals surface area contributed by atoms with E-state index in [4.69, 9.17) is 4.52 Å². The first-order valence-electron chi connectivity index (χ1n) is 11.1. The molecule has 6 heteroatoms. The summed E-state index contributed by atoms with van der Waals surface area (Å²) in [6.45, 7) is 4.44. The van der Waals surface area contributed by atoms with E-state index in [2.05, 4.69) is 27.2 Å². The molecule has 1 atom stereocenters. The smallest absolute Gasteiger partial charge is 0.222 e. The van der Waals surface area contributed by atoms with Gasteiger partial charge < -0.3 is 14.4 Å². The molecule has 1 amide bonds. The maximum absolute atomic E-state index is 13.8. The van der Waals surface area contributed by atoms with E-state index in [1.54, 1.807) is 18.3 Å². The normalized spacial score (nSPS) is 15.8. The molecule has 0 saturated carbocycles. The van der Waals surface area contributed by atoms with E-state index >= 15 is 0 Å². The molecule has 0 bridgehead atoms. The van der Waals surface area contributed by atoms with Crippen molar-refractivity contribution in [1.29, 1.82) is 0 Å². The van der Waals surface area contributed by atoms with Crippen LogP contribution in [0.1, 0.15) is 37.1 Å². The number of halogens is 1. The van der Waals surface area contributed by atoms with Crippen molar-refractivity contribution in [3.05, 3.63) is 77.4 Å². The third kappa shape index (κ3) is 3.81. The van der Waals surface area contributed by atoms with Crippen LogP contribution in [0.15, 0.2) is 59.3 Å². The molecule has 0 spiro atoms. The van der Waals surface area contributed by atoms with Crippen LogP contribution in [-0.2, 0) is 24.2 Å². The lowest BCUT2D eigenvalue weighted by Gasteiger charge is -2.26. The Morgan fingerprint density at radius 2 is 2.12 bits per heavy atom. The minimum Gasteiger partial charge on any atom is -0.356 e. The van der Waals surface area contributed by atoms with E-state index in [1.165, 1.54) is 17.3 Å². The summed E-state index contributed by atoms with van der Waals surface area (Å²) in [5.74, 6) is 0.545. The number of nitrogens with one attached hydrogen (secondary N) is 1. The predicted octanol–water partition coefficient (Wildman–Crippen LogP) is 5.11. The Bertz CT molecular complexity index is 1270. The van der Waals surface area contributed by atoms with Gasteiger partial charge in [-0.15, -0.1) is 0 Å². The van der Waals surface area contributed by atoms with Gasteiger partial charge in [-0.05, 0) is 60.7 Å². The van der Waals surface area contributed by atoms with Gasteiger partial charge in [0.05, 0.1) is 6.20 Å². The molecule has 0 aliphatic heterocycles. The quantitative estimate of drug-likeness (QED) is 0.478. The molecule has 0 saturated heterocycles. The number of hydrogen-bond acceptors (Lipinski definition) is 3. The highest BCUT2D eigenvalue weighted by Gasteiger charge is 2.27. The van der Waals surface area contributed by atoms with E-state index in [9.17, 15) is 9.18 Å². The van der Waals surface area contributed by atoms with Gasteiger partial charge >= 0.3 is 0 Å². The van der Waals surface area contributed by atoms with E-state index in [-0.39, 0.29) is 23.7 Å². The van der Waals surface area contributed by atoms with Crippen LogP contribution in [0.4, 0.5) is 4.39 Å². The molecule has 2 aromatic heterocycles. The van der Waals surface area contributed by atoms with Crippen molar-refractivity contribution in [2.24, 2.45) is 5.92 Å². The van der Waals surface area contributed by atoms with Gasteiger partial charge in [-0.2, -0.15) is 0 Å². The number of fused-ring (bicyclic) bond motifs is 3. The third-order valence-corrected chi connectivity index (χ3v) is 6.29. The van der Waals surface area contributed by atoms with Crippen LogP contribution in [0, 0.1) is 11.7 Å². The number of hydrogen-bond donors (Lipinski definition) is 1. The van der Waals surface area contributed by atoms with Crippen LogP contribution in [0.25, 0.3) is 22.2 Å². The van der Waals surface area contributed by atoms with E-state index < -0.39 is 0 Å². The summed E-state index contributed by atoms with van der Waals surface area (Å²) in [6, 6.07) is 15.0. The molecular weight excluding hydrogens is 405 g/mol. The number of benzene rings is 2. The molecule has 0 radical (unpaired) electrons. The fraction of sp³-hybridized carbons (Fsp3) is 0.308. The first-order chi connectivity index (χ1) is 15.5. The average molecular weight is 432 g/mol. The summed E-state index contributed by atoms with van der Waals surface area (Å²) < 4.78 is 21.5. The van der Waals surface area contributed by atoms with Crippen LogP contribution in [0.5, 0.6) is 0 Å². The topological polar surface area (TPSA) is 60.1 Å². The number of rotatable bonds is 5. The van der Waals surface area contributed by atoms with Crippen molar-refractivity contribution in [3.8, 4) is 11.3 Å². The first-order valence-corrected chi connectivity index (χ1v) is 11.1. The Balaban J connectivity index is 1.59. The summed E-state index contributed by atoms with van der Waals surface area (Å²) in [6.07, 6.45) is 4.17. The van der Waals surface area contributed by atoms with Crippen LogP contribution in [-0.4, -0.2) is 21.7 Å². The molecule has 1 aliphatic carbocycles. The summed E-state index contributed by atoms with van der Waals surface area (Å²) in [5.41, 5.74) is 5.51. The lowest BCUT2D eigenvalue weighted by molar-refractivity contribution is -0.124. The van der Waals surface area contributed by atoms with E-state index in [1.807, 2.05) is 32.0 Å². The highest BCUT2D eigenvalue weighted by Crippen LogP contribution is 2.35. The molecule has 164 valence electrons. The largest absolute Gasteiger partial charge is 0.356 e. The Morgan fingerprint density at radius 3 is 2.88 bits per heavy atom. The zero-order chi connectivity index (χ0) is 22.2. The molecule has 1 aliphatic rings. The number of nitrogens with zero attached hydrogens (tertiary/aromatic N) is 2. The van der Waals surface area contributed by atoms with Crippen LogP contribution < -0.4 is 5.32 Å². The van der Waals surface area contributed by atoms with Gasteiger partial charge in [0.15, 0.2) is 5.76 Å². The number of aromatic nitrogens is 2. The van der Waals surface area contributed by atoms with Crippen LogP contribution in [0.2, 0.25) is 0 Å². The molecule has 2 heterocycles. The molecule has 5 nitrogen and oxygen atoms in total. The highest BCUT2D eigenvalue weighted by molar-refractivity contribution is 5.90. The van der Waals surface area contributed by atoms with E-state index in [0.717, 1.165) is 47.1 Å². The van der Waals surface area contributed by atoms with Crippen molar-refractivity contribution >= 4 is 16.8 Å². The highest BCUT2D eigenvalue weighted by atomic mass is 19.1. The van der Waals surface area contributed by atoms with Crippen molar-refractivity contribution < 1.29 is 13.7 Å². The number of amides is 1. The summed E-state index contributed by atoms with van der Waals surface area (Å²) in [5, 5.41) is 8.19. The fourth-order valence-electron chi connectivity index (χ4n) is 4.66. The minimum absolute atomic E-state index is 0.0382. The molecule has 4 aromatic rings. The third-order valence-electron chi connectivity index (χ3n) is 6.29. The van der Waals surface area contributed by atoms with Gasteiger partial charge in [-0.3, -0.25) is 4.79 Å². The summed E-state index contributed by atoms with van der Waals surface area (Å²) in [7, 11) is 0. The average Bonchev–Trinajstić information content (AvgIpc) is 3.41. The van der Waals surface area contributed by atoms with Crippen molar-refractivity contribution in [1.82, 2.24) is 15.0 Å². The number of carbonyl (C=O) groups excluding carboxylic acids is 1. The van der Waals surface area contributed by atoms with Crippen molar-refractivity contribution in [3.63, 3.8) is 0 Å². The number of carbonyl (C=O) groups is 1. The van der Waals surface area contributed by atoms with Gasteiger partial charge in [-0.25, -0.2) is 4.39 Å². The zero-order valence-corrected chi connectivity index (χ0v) is 18.3. The second kappa shape index (κ2) is 8.26. The molecule has 0 fully saturated rings. The summed E-state index contributed by atoms with van der Waals surface area (Å²) in [4.78, 5) is 12.3. The standard InChI is InChI=1S/C26H26FN3O2/c1-16(2)26(31)29-20-7-9-24-22(14-20)21-13-18(25-10-11-28-32-25)6-8-23(21)30(24)15-17-4-3-5-19(27)12-17/h3-6,8,10-13,16,20H,7,9,14-15H2,1-2H3,(H,29,31)/t20-/m1/s1. The molecular formula is C26H26FN3O2. The Hall–Kier alpha value is -3.41. The monoisotopic (exact) mass is 431 g/mol.